The minimum absolute atomic E-state index is 0.116. The Morgan fingerprint density at radius 2 is 1.58 bits per heavy atom. The molecule has 0 aromatic rings. The highest BCUT2D eigenvalue weighted by Crippen LogP contribution is 1.81. The van der Waals surface area contributed by atoms with Crippen molar-refractivity contribution >= 4 is 5.97 Å². The molecule has 0 aromatic carbocycles. The molecule has 0 fully saturated rings. The van der Waals surface area contributed by atoms with Crippen LogP contribution in [0.4, 0.5) is 0 Å². The molecule has 12 heavy (non-hydrogen) atoms. The molecule has 0 aliphatic heterocycles. The normalized spacial score (nSPS) is 9.83. The monoisotopic (exact) mass is 179 g/mol. The fourth-order valence-corrected chi connectivity index (χ4v) is 0. The van der Waals surface area contributed by atoms with Crippen molar-refractivity contribution in [2.75, 3.05) is 6.54 Å². The van der Waals surface area contributed by atoms with Gasteiger partial charge in [0.15, 0.2) is 0 Å². The van der Waals surface area contributed by atoms with E-state index in [0.29, 0.717) is 0 Å². The van der Waals surface area contributed by atoms with Gasteiger partial charge in [-0.3, -0.25) is 4.79 Å². The van der Waals surface area contributed by atoms with Crippen molar-refractivity contribution in [3.8, 4) is 0 Å². The van der Waals surface area contributed by atoms with E-state index in [1.165, 1.54) is 0 Å². The summed E-state index contributed by atoms with van der Waals surface area (Å²) in [6.07, 6.45) is 0.745. The van der Waals surface area contributed by atoms with E-state index in [-0.39, 0.29) is 6.10 Å². The van der Waals surface area contributed by atoms with Crippen LogP contribution in [-0.2, 0) is 4.79 Å². The molecule has 0 heterocycles. The van der Waals surface area contributed by atoms with Crippen LogP contribution in [0.15, 0.2) is 0 Å². The third-order valence-corrected chi connectivity index (χ3v) is 0.591. The van der Waals surface area contributed by atoms with Crippen LogP contribution in [0.3, 0.4) is 0 Å². The van der Waals surface area contributed by atoms with Gasteiger partial charge in [0.25, 0.3) is 5.97 Å². The first-order chi connectivity index (χ1) is 5.42. The summed E-state index contributed by atoms with van der Waals surface area (Å²) in [5.41, 5.74) is 4.85. The van der Waals surface area contributed by atoms with Crippen LogP contribution in [0, 0.1) is 0 Å². The van der Waals surface area contributed by atoms with Gasteiger partial charge in [0.05, 0.1) is 6.10 Å². The molecule has 76 valence electrons. The molecule has 0 spiro atoms. The number of rotatable bonds is 1. The number of aliphatic hydroxyl groups excluding tert-OH is 1. The van der Waals surface area contributed by atoms with E-state index in [0.717, 1.165) is 19.9 Å². The molecule has 0 aliphatic carbocycles. The standard InChI is InChI=1S/C4H10O.C2H7N.C2H4O2/c1-3-4(2)5;1-2-3;1-2(3)4/h4-5H,3H2,1-2H3;2-3H2,1H3;1H3,(H,3,4). The fourth-order valence-electron chi connectivity index (χ4n) is 0. The molecule has 4 N–H and O–H groups in total. The molecule has 4 nitrogen and oxygen atoms in total. The van der Waals surface area contributed by atoms with Crippen molar-refractivity contribution in [2.45, 2.75) is 40.2 Å². The van der Waals surface area contributed by atoms with E-state index >= 15 is 0 Å². The first kappa shape index (κ1) is 17.5. The van der Waals surface area contributed by atoms with E-state index in [4.69, 9.17) is 20.7 Å². The summed E-state index contributed by atoms with van der Waals surface area (Å²) in [4.78, 5) is 9.00. The Labute approximate surface area is 74.4 Å². The lowest BCUT2D eigenvalue weighted by molar-refractivity contribution is -0.134. The van der Waals surface area contributed by atoms with Gasteiger partial charge in [-0.2, -0.15) is 0 Å². The maximum Gasteiger partial charge on any atom is 0.300 e. The molecule has 0 aromatic heterocycles. The minimum atomic E-state index is -0.833. The van der Waals surface area contributed by atoms with Gasteiger partial charge >= 0.3 is 0 Å². The Kier molecular flexibility index (Phi) is 24.4. The topological polar surface area (TPSA) is 83.5 Å². The van der Waals surface area contributed by atoms with Crippen LogP contribution >= 0.6 is 0 Å². The summed E-state index contributed by atoms with van der Waals surface area (Å²) in [6.45, 7) is 7.46. The van der Waals surface area contributed by atoms with E-state index in [9.17, 15) is 0 Å². The summed E-state index contributed by atoms with van der Waals surface area (Å²) in [5.74, 6) is -0.833. The molecule has 1 unspecified atom stereocenters. The summed E-state index contributed by atoms with van der Waals surface area (Å²) in [7, 11) is 0. The van der Waals surface area contributed by atoms with E-state index in [2.05, 4.69) is 0 Å². The van der Waals surface area contributed by atoms with Crippen molar-refractivity contribution in [3.63, 3.8) is 0 Å². The lowest BCUT2D eigenvalue weighted by Crippen LogP contribution is -1.93. The summed E-state index contributed by atoms with van der Waals surface area (Å²) in [6, 6.07) is 0. The van der Waals surface area contributed by atoms with E-state index < -0.39 is 5.97 Å². The predicted molar refractivity (Wildman–Crippen MR) is 50.0 cm³/mol. The average molecular weight is 179 g/mol. The number of hydrogen-bond acceptors (Lipinski definition) is 3. The van der Waals surface area contributed by atoms with Gasteiger partial charge in [0.2, 0.25) is 0 Å². The van der Waals surface area contributed by atoms with Crippen LogP contribution in [0.5, 0.6) is 0 Å². The number of nitrogens with two attached hydrogens (primary N) is 1. The first-order valence-electron chi connectivity index (χ1n) is 3.99. The Hall–Kier alpha value is -0.610. The van der Waals surface area contributed by atoms with Gasteiger partial charge < -0.3 is 15.9 Å². The molecule has 0 saturated carbocycles. The molecule has 4 heteroatoms. The zero-order valence-electron chi connectivity index (χ0n) is 8.37. The fraction of sp³-hybridized carbons (Fsp3) is 0.875. The van der Waals surface area contributed by atoms with Crippen molar-refractivity contribution in [1.82, 2.24) is 0 Å². The summed E-state index contributed by atoms with van der Waals surface area (Å²) in [5, 5.41) is 15.8. The maximum absolute atomic E-state index is 9.00. The third-order valence-electron chi connectivity index (χ3n) is 0.591. The lowest BCUT2D eigenvalue weighted by Gasteiger charge is -1.90. The molecular weight excluding hydrogens is 158 g/mol. The lowest BCUT2D eigenvalue weighted by atomic mass is 10.3. The van der Waals surface area contributed by atoms with Crippen LogP contribution in [0.2, 0.25) is 0 Å². The van der Waals surface area contributed by atoms with Crippen molar-refractivity contribution in [2.24, 2.45) is 5.73 Å². The Morgan fingerprint density at radius 3 is 1.58 bits per heavy atom. The van der Waals surface area contributed by atoms with Crippen LogP contribution in [0.25, 0.3) is 0 Å². The highest BCUT2D eigenvalue weighted by molar-refractivity contribution is 5.62. The molecule has 0 bridgehead atoms. The summed E-state index contributed by atoms with van der Waals surface area (Å²) < 4.78 is 0. The van der Waals surface area contributed by atoms with Crippen molar-refractivity contribution in [3.05, 3.63) is 0 Å². The second-order valence-corrected chi connectivity index (χ2v) is 2.18. The van der Waals surface area contributed by atoms with Gasteiger partial charge in [0, 0.05) is 6.92 Å². The molecule has 1 atom stereocenters. The quantitative estimate of drug-likeness (QED) is 0.556. The third kappa shape index (κ3) is 342. The molecule has 0 aliphatic rings. The first-order valence-corrected chi connectivity index (χ1v) is 3.99. The largest absolute Gasteiger partial charge is 0.481 e. The SMILES string of the molecule is CC(=O)O.CCC(C)O.CCN. The van der Waals surface area contributed by atoms with Gasteiger partial charge in [0.1, 0.15) is 0 Å². The second-order valence-electron chi connectivity index (χ2n) is 2.18. The number of carboxylic acid groups (broad SMARTS) is 1. The smallest absolute Gasteiger partial charge is 0.300 e. The van der Waals surface area contributed by atoms with Gasteiger partial charge in [-0.1, -0.05) is 13.8 Å². The van der Waals surface area contributed by atoms with Crippen molar-refractivity contribution < 1.29 is 15.0 Å². The highest BCUT2D eigenvalue weighted by Gasteiger charge is 1.81. The molecule has 0 amide bonds. The van der Waals surface area contributed by atoms with E-state index in [1.807, 2.05) is 13.8 Å². The number of aliphatic carboxylic acids is 1. The Morgan fingerprint density at radius 1 is 1.50 bits per heavy atom. The number of aliphatic hydroxyl groups is 1. The molecule has 0 radical (unpaired) electrons. The van der Waals surface area contributed by atoms with Crippen LogP contribution in [0.1, 0.15) is 34.1 Å². The van der Waals surface area contributed by atoms with Crippen LogP contribution in [-0.4, -0.2) is 28.8 Å². The highest BCUT2D eigenvalue weighted by atomic mass is 16.4. The Bertz CT molecular complexity index is 80.4. The van der Waals surface area contributed by atoms with Gasteiger partial charge in [-0.15, -0.1) is 0 Å². The molecule has 0 rings (SSSR count). The van der Waals surface area contributed by atoms with Crippen molar-refractivity contribution in [1.29, 1.82) is 0 Å². The number of carbonyl (C=O) groups is 1. The maximum atomic E-state index is 9.00. The molecule has 0 saturated heterocycles. The Balaban J connectivity index is -0.000000105. The summed E-state index contributed by atoms with van der Waals surface area (Å²) >= 11 is 0. The van der Waals surface area contributed by atoms with E-state index in [1.54, 1.807) is 6.92 Å². The van der Waals surface area contributed by atoms with Gasteiger partial charge in [-0.25, -0.2) is 0 Å². The van der Waals surface area contributed by atoms with Gasteiger partial charge in [-0.05, 0) is 19.9 Å². The number of carboxylic acids is 1. The number of hydrogen-bond donors (Lipinski definition) is 3. The van der Waals surface area contributed by atoms with Crippen LogP contribution < -0.4 is 5.73 Å². The predicted octanol–water partition coefficient (Wildman–Crippen LogP) is 0.833. The molecular formula is C8H21NO3. The second kappa shape index (κ2) is 16.8. The minimum Gasteiger partial charge on any atom is -0.481 e. The zero-order valence-corrected chi connectivity index (χ0v) is 8.37. The average Bonchev–Trinajstić information content (AvgIpc) is 1.88. The zero-order chi connectivity index (χ0) is 10.6.